The quantitative estimate of drug-likeness (QED) is 0.173. The van der Waals surface area contributed by atoms with Gasteiger partial charge in [-0.05, 0) is 0 Å². The molecule has 2 heteroatoms. The predicted octanol–water partition coefficient (Wildman–Crippen LogP) is 11.6. The van der Waals surface area contributed by atoms with Crippen molar-refractivity contribution >= 4 is 20.2 Å². The van der Waals surface area contributed by atoms with E-state index in [0.717, 1.165) is 12.8 Å². The van der Waals surface area contributed by atoms with Gasteiger partial charge in [0.1, 0.15) is 0 Å². The van der Waals surface area contributed by atoms with Crippen LogP contribution in [0.5, 0.6) is 0 Å². The molecule has 0 radical (unpaired) electrons. The Balaban J connectivity index is 1.47. The summed E-state index contributed by atoms with van der Waals surface area (Å²) in [6.45, 7) is 9.64. The van der Waals surface area contributed by atoms with Crippen LogP contribution in [0.2, 0.25) is 21.4 Å². The second kappa shape index (κ2) is 10.6. The first-order valence-electron chi connectivity index (χ1n) is 16.3. The number of rotatable bonds is 6. The Hall–Kier alpha value is -2.55. The van der Waals surface area contributed by atoms with Gasteiger partial charge in [0.15, 0.2) is 0 Å². The first-order valence-corrected chi connectivity index (χ1v) is 30.0. The van der Waals surface area contributed by atoms with Crippen molar-refractivity contribution in [2.75, 3.05) is 0 Å². The molecule has 2 unspecified atom stereocenters. The van der Waals surface area contributed by atoms with Crippen LogP contribution in [0, 0.1) is 0 Å². The number of benzene rings is 4. The van der Waals surface area contributed by atoms with E-state index in [2.05, 4.69) is 134 Å². The van der Waals surface area contributed by atoms with Gasteiger partial charge >= 0.3 is 260 Å². The molecule has 1 heterocycles. The Labute approximate surface area is 258 Å². The van der Waals surface area contributed by atoms with E-state index in [-0.39, 0.29) is 0 Å². The number of fused-ring (bicyclic) bond motifs is 6. The Morgan fingerprint density at radius 1 is 0.524 bits per heavy atom. The predicted molar refractivity (Wildman–Crippen MR) is 182 cm³/mol. The molecule has 0 spiro atoms. The SMILES string of the molecule is CCc1ccccc1-c1cccc2c1C=C1[CH]2[Hf]([CH3])([CH3])[CH]2C(=Cc3c(-c4ccccc4CC)cccc32)[Si]1(CC)CC. The summed E-state index contributed by atoms with van der Waals surface area (Å²) in [6, 6.07) is 35.4. The summed E-state index contributed by atoms with van der Waals surface area (Å²) in [5, 5.41) is 3.78. The molecule has 3 aliphatic rings. The van der Waals surface area contributed by atoms with Gasteiger partial charge in [0.25, 0.3) is 0 Å². The third-order valence-corrected chi connectivity index (χ3v) is 34.0. The fourth-order valence-corrected chi connectivity index (χ4v) is 41.2. The molecular weight excluding hydrogens is 687 g/mol. The van der Waals surface area contributed by atoms with Crippen molar-refractivity contribution in [1.82, 2.24) is 0 Å². The van der Waals surface area contributed by atoms with E-state index in [4.69, 9.17) is 0 Å². The fraction of sp³-hybridized carbons (Fsp3) is 0.300. The van der Waals surface area contributed by atoms with Crippen LogP contribution in [0.3, 0.4) is 0 Å². The molecule has 1 aliphatic heterocycles. The van der Waals surface area contributed by atoms with Crippen molar-refractivity contribution in [2.45, 2.75) is 69.3 Å². The van der Waals surface area contributed by atoms with Gasteiger partial charge in [-0.2, -0.15) is 0 Å². The van der Waals surface area contributed by atoms with Gasteiger partial charge in [0.2, 0.25) is 0 Å². The number of allylic oxidation sites excluding steroid dienone is 2. The van der Waals surface area contributed by atoms with E-state index in [1.165, 1.54) is 45.5 Å². The molecule has 0 nitrogen and oxygen atoms in total. The molecule has 0 bridgehead atoms. The van der Waals surface area contributed by atoms with Crippen molar-refractivity contribution in [1.29, 1.82) is 0 Å². The monoisotopic (exact) mass is 732 g/mol. The van der Waals surface area contributed by atoms with E-state index in [0.29, 0.717) is 7.35 Å². The summed E-state index contributed by atoms with van der Waals surface area (Å²) in [4.78, 5) is 0. The van der Waals surface area contributed by atoms with Crippen LogP contribution in [-0.2, 0) is 32.8 Å². The minimum absolute atomic E-state index is 0.687. The molecular formula is C40H44HfSi. The second-order valence-corrected chi connectivity index (χ2v) is 35.3. The zero-order valence-electron chi connectivity index (χ0n) is 26.2. The standard InChI is InChI=1S/C38H38Si.2CH3.Hf/c1-5-27-15-9-11-19-33(27)35-21-13-17-29-23-31(25-37(29)35)39(7-3,8-4)32-24-30-18-14-22-36(38(30)26-32)34-20-12-10-16-28(34)6-2;;;/h9-26H,5-8H2,1-4H3;2*1H3;. The molecule has 2 aliphatic carbocycles. The molecule has 4 aromatic rings. The van der Waals surface area contributed by atoms with Crippen molar-refractivity contribution in [2.24, 2.45) is 0 Å². The van der Waals surface area contributed by atoms with Crippen molar-refractivity contribution in [3.8, 4) is 22.3 Å². The summed E-state index contributed by atoms with van der Waals surface area (Å²) in [5.74, 6) is 0. The third-order valence-electron chi connectivity index (χ3n) is 11.3. The average molecular weight is 731 g/mol. The molecule has 42 heavy (non-hydrogen) atoms. The summed E-state index contributed by atoms with van der Waals surface area (Å²) >= 11 is -3.04. The maximum atomic E-state index is 2.80. The van der Waals surface area contributed by atoms with E-state index < -0.39 is 28.0 Å². The first-order chi connectivity index (χ1) is 20.4. The van der Waals surface area contributed by atoms with E-state index in [1.54, 1.807) is 22.3 Å². The second-order valence-electron chi connectivity index (χ2n) is 13.3. The summed E-state index contributed by atoms with van der Waals surface area (Å²) < 4.78 is 6.98. The Morgan fingerprint density at radius 3 is 1.33 bits per heavy atom. The van der Waals surface area contributed by atoms with Crippen LogP contribution >= 0.6 is 0 Å². The molecule has 7 rings (SSSR count). The molecule has 4 aromatic carbocycles. The molecule has 2 atom stereocenters. The molecule has 1 saturated heterocycles. The normalized spacial score (nSPS) is 20.7. The minimum atomic E-state index is -3.04. The fourth-order valence-electron chi connectivity index (χ4n) is 9.29. The number of aryl methyl sites for hydroxylation is 2. The van der Waals surface area contributed by atoms with Crippen LogP contribution in [-0.4, -0.2) is 8.07 Å². The zero-order chi connectivity index (χ0) is 29.2. The number of hydrogen-bond acceptors (Lipinski definition) is 0. The van der Waals surface area contributed by atoms with Crippen LogP contribution in [0.1, 0.15) is 68.4 Å². The van der Waals surface area contributed by atoms with Gasteiger partial charge in [-0.3, -0.25) is 0 Å². The summed E-state index contributed by atoms with van der Waals surface area (Å²) in [7, 11) is -1.89. The zero-order valence-corrected chi connectivity index (χ0v) is 30.8. The van der Waals surface area contributed by atoms with E-state index >= 15 is 0 Å². The molecule has 0 aromatic heterocycles. The van der Waals surface area contributed by atoms with Gasteiger partial charge in [0.05, 0.1) is 0 Å². The van der Waals surface area contributed by atoms with Gasteiger partial charge < -0.3 is 0 Å². The van der Waals surface area contributed by atoms with E-state index in [9.17, 15) is 0 Å². The topological polar surface area (TPSA) is 0 Å². The summed E-state index contributed by atoms with van der Waals surface area (Å²) in [6.07, 6.45) is 7.67. The molecule has 212 valence electrons. The van der Waals surface area contributed by atoms with Gasteiger partial charge in [-0.25, -0.2) is 0 Å². The van der Waals surface area contributed by atoms with E-state index in [1.807, 2.05) is 10.4 Å². The Kier molecular flexibility index (Phi) is 7.10. The molecule has 0 N–H and O–H groups in total. The number of hydrogen-bond donors (Lipinski definition) is 0. The van der Waals surface area contributed by atoms with Crippen LogP contribution in [0.4, 0.5) is 0 Å². The van der Waals surface area contributed by atoms with Crippen LogP contribution in [0.25, 0.3) is 34.4 Å². The van der Waals surface area contributed by atoms with Gasteiger partial charge in [-0.1, -0.05) is 0 Å². The molecule has 1 fully saturated rings. The van der Waals surface area contributed by atoms with Gasteiger partial charge in [-0.15, -0.1) is 0 Å². The van der Waals surface area contributed by atoms with Gasteiger partial charge in [0, 0.05) is 0 Å². The van der Waals surface area contributed by atoms with Crippen LogP contribution in [0.15, 0.2) is 95.3 Å². The Morgan fingerprint density at radius 2 is 0.929 bits per heavy atom. The summed E-state index contributed by atoms with van der Waals surface area (Å²) in [5.41, 5.74) is 15.2. The Bertz CT molecular complexity index is 1640. The molecule has 0 saturated carbocycles. The van der Waals surface area contributed by atoms with Crippen molar-refractivity contribution in [3.05, 3.63) is 129 Å². The van der Waals surface area contributed by atoms with Crippen molar-refractivity contribution < 1.29 is 20.0 Å². The van der Waals surface area contributed by atoms with Crippen LogP contribution < -0.4 is 0 Å². The average Bonchev–Trinajstić information content (AvgIpc) is 3.63. The van der Waals surface area contributed by atoms with Crippen molar-refractivity contribution in [3.63, 3.8) is 0 Å². The molecule has 0 amide bonds. The maximum absolute atomic E-state index is 3.04. The third kappa shape index (κ3) is 3.87. The first kappa shape index (κ1) is 28.2.